The van der Waals surface area contributed by atoms with Gasteiger partial charge in [-0.1, -0.05) is 13.8 Å². The number of likely N-dealkylation sites (N-methyl/N-ethyl adjacent to an activating group) is 1. The number of nitrogens with zero attached hydrogens (tertiary/aromatic N) is 1. The van der Waals surface area contributed by atoms with Crippen molar-refractivity contribution in [2.75, 3.05) is 19.6 Å². The lowest BCUT2D eigenvalue weighted by atomic mass is 10.1. The molecule has 1 heterocycles. The van der Waals surface area contributed by atoms with E-state index in [0.717, 1.165) is 26.1 Å². The Balaban J connectivity index is 2.62. The van der Waals surface area contributed by atoms with Gasteiger partial charge in [0.15, 0.2) is 0 Å². The Hall–Kier alpha value is -0.650. The zero-order valence-corrected chi connectivity index (χ0v) is 8.82. The first-order chi connectivity index (χ1) is 6.74. The van der Waals surface area contributed by atoms with E-state index in [1.165, 1.54) is 0 Å². The molecular formula is C9H19N3O2. The molecule has 82 valence electrons. The summed E-state index contributed by atoms with van der Waals surface area (Å²) in [5.41, 5.74) is 0. The lowest BCUT2D eigenvalue weighted by Crippen LogP contribution is -2.49. The fraction of sp³-hybridized carbons (Fsp3) is 0.889. The van der Waals surface area contributed by atoms with Gasteiger partial charge in [0.1, 0.15) is 6.04 Å². The van der Waals surface area contributed by atoms with Gasteiger partial charge in [-0.2, -0.15) is 5.90 Å². The molecular weight excluding hydrogens is 182 g/mol. The second kappa shape index (κ2) is 5.29. The zero-order valence-electron chi connectivity index (χ0n) is 8.82. The minimum Gasteiger partial charge on any atom is -0.372 e. The summed E-state index contributed by atoms with van der Waals surface area (Å²) in [6.07, 6.45) is 0.974. The Bertz CT molecular complexity index is 194. The van der Waals surface area contributed by atoms with E-state index in [1.54, 1.807) is 0 Å². The minimum absolute atomic E-state index is 0.223. The molecule has 3 N–H and O–H groups in total. The minimum atomic E-state index is -0.362. The molecule has 0 radical (unpaired) electrons. The molecule has 1 fully saturated rings. The molecule has 14 heavy (non-hydrogen) atoms. The molecule has 5 heteroatoms. The van der Waals surface area contributed by atoms with Gasteiger partial charge in [-0.3, -0.25) is 4.90 Å². The van der Waals surface area contributed by atoms with Crippen LogP contribution in [0.25, 0.3) is 0 Å². The number of nitrogens with one attached hydrogen (secondary N) is 1. The summed E-state index contributed by atoms with van der Waals surface area (Å²) in [7, 11) is 0. The summed E-state index contributed by atoms with van der Waals surface area (Å²) in [5.74, 6) is 4.53. The quantitative estimate of drug-likeness (QED) is 0.599. The first-order valence-corrected chi connectivity index (χ1v) is 5.12. The monoisotopic (exact) mass is 201 g/mol. The number of carbonyl (C=O) groups excluding carboxylic acids is 1. The van der Waals surface area contributed by atoms with E-state index in [0.29, 0.717) is 0 Å². The van der Waals surface area contributed by atoms with Gasteiger partial charge in [0.2, 0.25) is 0 Å². The van der Waals surface area contributed by atoms with Crippen molar-refractivity contribution in [1.29, 1.82) is 0 Å². The Morgan fingerprint density at radius 1 is 1.57 bits per heavy atom. The molecule has 1 rings (SSSR count). The number of carbonyl (C=O) groups is 1. The van der Waals surface area contributed by atoms with Gasteiger partial charge in [-0.15, -0.1) is 0 Å². The normalized spacial score (nSPS) is 26.9. The molecule has 1 aliphatic heterocycles. The topological polar surface area (TPSA) is 67.6 Å². The molecule has 0 saturated carbocycles. The summed E-state index contributed by atoms with van der Waals surface area (Å²) in [5, 5.41) is 3.11. The number of rotatable bonds is 4. The summed E-state index contributed by atoms with van der Waals surface area (Å²) in [6, 6.07) is -0.0408. The first-order valence-electron chi connectivity index (χ1n) is 5.12. The Morgan fingerprint density at radius 3 is 2.71 bits per heavy atom. The first kappa shape index (κ1) is 11.4. The van der Waals surface area contributed by atoms with Crippen LogP contribution in [0.4, 0.5) is 0 Å². The van der Waals surface area contributed by atoms with Gasteiger partial charge in [0, 0.05) is 6.04 Å². The van der Waals surface area contributed by atoms with Crippen molar-refractivity contribution in [2.24, 2.45) is 5.90 Å². The van der Waals surface area contributed by atoms with E-state index in [1.807, 2.05) is 0 Å². The highest BCUT2D eigenvalue weighted by Gasteiger charge is 2.36. The van der Waals surface area contributed by atoms with Gasteiger partial charge >= 0.3 is 5.97 Å². The smallest absolute Gasteiger partial charge is 0.343 e. The van der Waals surface area contributed by atoms with Crippen LogP contribution in [0.1, 0.15) is 20.3 Å². The Morgan fingerprint density at radius 2 is 2.21 bits per heavy atom. The maximum Gasteiger partial charge on any atom is 0.343 e. The molecule has 1 saturated heterocycles. The standard InChI is InChI=1S/C9H19N3O2/c1-3-12(4-2)7-5-6-11-8(7)9(13)14-10/h7-8,11H,3-6,10H2,1-2H3. The van der Waals surface area contributed by atoms with Crippen molar-refractivity contribution < 1.29 is 9.63 Å². The van der Waals surface area contributed by atoms with Gasteiger partial charge in [-0.05, 0) is 26.1 Å². The Labute approximate surface area is 84.5 Å². The molecule has 0 aromatic heterocycles. The van der Waals surface area contributed by atoms with E-state index in [9.17, 15) is 4.79 Å². The van der Waals surface area contributed by atoms with Gasteiger partial charge in [0.25, 0.3) is 0 Å². The van der Waals surface area contributed by atoms with E-state index in [4.69, 9.17) is 5.90 Å². The summed E-state index contributed by atoms with van der Waals surface area (Å²) in [4.78, 5) is 17.9. The SMILES string of the molecule is CCN(CC)C1CCNC1C(=O)ON. The third-order valence-corrected chi connectivity index (χ3v) is 2.84. The van der Waals surface area contributed by atoms with E-state index >= 15 is 0 Å². The molecule has 1 aliphatic rings. The van der Waals surface area contributed by atoms with Crippen molar-refractivity contribution >= 4 is 5.97 Å². The van der Waals surface area contributed by atoms with Crippen LogP contribution in [0, 0.1) is 0 Å². The highest BCUT2D eigenvalue weighted by molar-refractivity contribution is 5.76. The van der Waals surface area contributed by atoms with Crippen molar-refractivity contribution in [3.63, 3.8) is 0 Å². The second-order valence-electron chi connectivity index (χ2n) is 3.45. The highest BCUT2D eigenvalue weighted by Crippen LogP contribution is 2.15. The molecule has 2 unspecified atom stereocenters. The van der Waals surface area contributed by atoms with Crippen molar-refractivity contribution in [2.45, 2.75) is 32.4 Å². The number of hydrogen-bond donors (Lipinski definition) is 2. The second-order valence-corrected chi connectivity index (χ2v) is 3.45. The van der Waals surface area contributed by atoms with Crippen LogP contribution in [-0.4, -0.2) is 42.6 Å². The van der Waals surface area contributed by atoms with E-state index in [2.05, 4.69) is 28.9 Å². The van der Waals surface area contributed by atoms with Crippen LogP contribution >= 0.6 is 0 Å². The van der Waals surface area contributed by atoms with Gasteiger partial charge in [0.05, 0.1) is 0 Å². The van der Waals surface area contributed by atoms with Crippen LogP contribution in [0.3, 0.4) is 0 Å². The number of hydrogen-bond acceptors (Lipinski definition) is 5. The third-order valence-electron chi connectivity index (χ3n) is 2.84. The largest absolute Gasteiger partial charge is 0.372 e. The molecule has 0 bridgehead atoms. The Kier molecular flexibility index (Phi) is 4.31. The average Bonchev–Trinajstić information content (AvgIpc) is 2.68. The molecule has 0 amide bonds. The van der Waals surface area contributed by atoms with Crippen molar-refractivity contribution in [1.82, 2.24) is 10.2 Å². The van der Waals surface area contributed by atoms with E-state index in [-0.39, 0.29) is 18.1 Å². The van der Waals surface area contributed by atoms with Crippen LogP contribution in [0.5, 0.6) is 0 Å². The fourth-order valence-electron chi connectivity index (χ4n) is 2.09. The van der Waals surface area contributed by atoms with Crippen molar-refractivity contribution in [3.05, 3.63) is 0 Å². The van der Waals surface area contributed by atoms with Crippen molar-refractivity contribution in [3.8, 4) is 0 Å². The molecule has 5 nitrogen and oxygen atoms in total. The summed E-state index contributed by atoms with van der Waals surface area (Å²) in [6.45, 7) is 6.91. The van der Waals surface area contributed by atoms with Crippen LogP contribution < -0.4 is 11.2 Å². The predicted octanol–water partition coefficient (Wildman–Crippen LogP) is -0.524. The third kappa shape index (κ3) is 2.23. The average molecular weight is 201 g/mol. The summed E-state index contributed by atoms with van der Waals surface area (Å²) < 4.78 is 0. The fourth-order valence-corrected chi connectivity index (χ4v) is 2.09. The zero-order chi connectivity index (χ0) is 10.6. The lowest BCUT2D eigenvalue weighted by Gasteiger charge is -2.28. The molecule has 2 atom stereocenters. The molecule has 0 aliphatic carbocycles. The van der Waals surface area contributed by atoms with Crippen LogP contribution in [0.15, 0.2) is 0 Å². The van der Waals surface area contributed by atoms with Gasteiger partial charge in [-0.25, -0.2) is 4.79 Å². The van der Waals surface area contributed by atoms with E-state index < -0.39 is 0 Å². The predicted molar refractivity (Wildman–Crippen MR) is 53.4 cm³/mol. The van der Waals surface area contributed by atoms with Gasteiger partial charge < -0.3 is 10.2 Å². The highest BCUT2D eigenvalue weighted by atomic mass is 16.7. The maximum atomic E-state index is 11.3. The van der Waals surface area contributed by atoms with Crippen LogP contribution in [-0.2, 0) is 9.63 Å². The number of nitrogens with two attached hydrogens (primary N) is 1. The maximum absolute atomic E-state index is 11.3. The van der Waals surface area contributed by atoms with Crippen LogP contribution in [0.2, 0.25) is 0 Å². The summed E-state index contributed by atoms with van der Waals surface area (Å²) >= 11 is 0. The molecule has 0 spiro atoms. The lowest BCUT2D eigenvalue weighted by molar-refractivity contribution is -0.147. The molecule has 0 aromatic carbocycles. The molecule has 0 aromatic rings.